The maximum atomic E-state index is 9.57. The Balaban J connectivity index is 2.16. The van der Waals surface area contributed by atoms with E-state index in [0.717, 1.165) is 5.69 Å². The third-order valence-electron chi connectivity index (χ3n) is 1.99. The fraction of sp³-hybridized carbons (Fsp3) is 0.545. The predicted octanol–water partition coefficient (Wildman–Crippen LogP) is 0.0937. The molecule has 0 amide bonds. The van der Waals surface area contributed by atoms with E-state index in [1.807, 2.05) is 37.2 Å². The standard InChI is InChI=1S/C11H19N3O/c1-14(2)9-11(15)8-12-7-10-5-3-4-6-13-10/h3-6,11-12,15H,7-9H2,1-2H3. The Morgan fingerprint density at radius 3 is 2.87 bits per heavy atom. The molecule has 0 spiro atoms. The molecule has 15 heavy (non-hydrogen) atoms. The normalized spacial score (nSPS) is 13.1. The minimum atomic E-state index is -0.330. The quantitative estimate of drug-likeness (QED) is 0.697. The Kier molecular flexibility index (Phi) is 5.25. The second-order valence-electron chi connectivity index (χ2n) is 3.87. The third kappa shape index (κ3) is 5.47. The van der Waals surface area contributed by atoms with E-state index in [1.165, 1.54) is 0 Å². The summed E-state index contributed by atoms with van der Waals surface area (Å²) in [5.74, 6) is 0. The van der Waals surface area contributed by atoms with Crippen molar-refractivity contribution < 1.29 is 5.11 Å². The lowest BCUT2D eigenvalue weighted by Gasteiger charge is -2.16. The van der Waals surface area contributed by atoms with Crippen LogP contribution in [0.15, 0.2) is 24.4 Å². The molecular weight excluding hydrogens is 190 g/mol. The summed E-state index contributed by atoms with van der Waals surface area (Å²) in [5.41, 5.74) is 0.995. The molecule has 1 rings (SSSR count). The van der Waals surface area contributed by atoms with Crippen molar-refractivity contribution in [2.45, 2.75) is 12.6 Å². The average molecular weight is 209 g/mol. The molecule has 1 atom stereocenters. The van der Waals surface area contributed by atoms with Crippen LogP contribution < -0.4 is 5.32 Å². The van der Waals surface area contributed by atoms with Gasteiger partial charge in [0.15, 0.2) is 0 Å². The fourth-order valence-corrected chi connectivity index (χ4v) is 1.36. The SMILES string of the molecule is CN(C)CC(O)CNCc1ccccn1. The summed E-state index contributed by atoms with van der Waals surface area (Å²) >= 11 is 0. The average Bonchev–Trinajstić information content (AvgIpc) is 2.18. The maximum absolute atomic E-state index is 9.57. The monoisotopic (exact) mass is 209 g/mol. The van der Waals surface area contributed by atoms with Crippen molar-refractivity contribution >= 4 is 0 Å². The van der Waals surface area contributed by atoms with Crippen LogP contribution in [-0.2, 0) is 6.54 Å². The summed E-state index contributed by atoms with van der Waals surface area (Å²) in [5, 5.41) is 12.7. The van der Waals surface area contributed by atoms with Crippen LogP contribution in [0, 0.1) is 0 Å². The molecule has 0 saturated heterocycles. The molecule has 4 nitrogen and oxygen atoms in total. The highest BCUT2D eigenvalue weighted by molar-refractivity contribution is 5.02. The van der Waals surface area contributed by atoms with Crippen LogP contribution in [0.2, 0.25) is 0 Å². The van der Waals surface area contributed by atoms with E-state index in [1.54, 1.807) is 6.20 Å². The van der Waals surface area contributed by atoms with Crippen molar-refractivity contribution in [3.8, 4) is 0 Å². The summed E-state index contributed by atoms with van der Waals surface area (Å²) in [7, 11) is 3.89. The van der Waals surface area contributed by atoms with Crippen LogP contribution in [0.25, 0.3) is 0 Å². The highest BCUT2D eigenvalue weighted by Gasteiger charge is 2.04. The molecule has 0 aliphatic heterocycles. The van der Waals surface area contributed by atoms with Gasteiger partial charge in [0.1, 0.15) is 0 Å². The maximum Gasteiger partial charge on any atom is 0.0791 e. The summed E-state index contributed by atoms with van der Waals surface area (Å²) in [6.07, 6.45) is 1.44. The number of rotatable bonds is 6. The van der Waals surface area contributed by atoms with Crippen molar-refractivity contribution in [1.82, 2.24) is 15.2 Å². The van der Waals surface area contributed by atoms with Crippen LogP contribution in [0.5, 0.6) is 0 Å². The lowest BCUT2D eigenvalue weighted by atomic mass is 10.3. The van der Waals surface area contributed by atoms with Gasteiger partial charge in [0.2, 0.25) is 0 Å². The largest absolute Gasteiger partial charge is 0.390 e. The van der Waals surface area contributed by atoms with Gasteiger partial charge in [0.25, 0.3) is 0 Å². The molecule has 0 aromatic carbocycles. The Hall–Kier alpha value is -0.970. The summed E-state index contributed by atoms with van der Waals surface area (Å²) in [6, 6.07) is 5.82. The van der Waals surface area contributed by atoms with Crippen LogP contribution in [0.1, 0.15) is 5.69 Å². The van der Waals surface area contributed by atoms with Crippen molar-refractivity contribution in [2.24, 2.45) is 0 Å². The first-order valence-corrected chi connectivity index (χ1v) is 5.12. The van der Waals surface area contributed by atoms with E-state index in [2.05, 4.69) is 10.3 Å². The molecular formula is C11H19N3O. The topological polar surface area (TPSA) is 48.4 Å². The van der Waals surface area contributed by atoms with E-state index >= 15 is 0 Å². The Labute approximate surface area is 90.9 Å². The van der Waals surface area contributed by atoms with Crippen LogP contribution in [0.4, 0.5) is 0 Å². The molecule has 0 aliphatic rings. The molecule has 1 aromatic rings. The highest BCUT2D eigenvalue weighted by Crippen LogP contribution is 1.92. The lowest BCUT2D eigenvalue weighted by molar-refractivity contribution is 0.134. The van der Waals surface area contributed by atoms with Gasteiger partial charge < -0.3 is 15.3 Å². The second-order valence-corrected chi connectivity index (χ2v) is 3.87. The van der Waals surface area contributed by atoms with Gasteiger partial charge in [-0.15, -0.1) is 0 Å². The lowest BCUT2D eigenvalue weighted by Crippen LogP contribution is -2.34. The zero-order valence-corrected chi connectivity index (χ0v) is 9.35. The number of hydrogen-bond donors (Lipinski definition) is 2. The molecule has 0 fully saturated rings. The number of nitrogens with one attached hydrogen (secondary N) is 1. The zero-order chi connectivity index (χ0) is 11.1. The third-order valence-corrected chi connectivity index (χ3v) is 1.99. The van der Waals surface area contributed by atoms with Gasteiger partial charge >= 0.3 is 0 Å². The van der Waals surface area contributed by atoms with Crippen LogP contribution in [0.3, 0.4) is 0 Å². The van der Waals surface area contributed by atoms with Gasteiger partial charge in [-0.1, -0.05) is 6.07 Å². The number of hydrogen-bond acceptors (Lipinski definition) is 4. The molecule has 0 saturated carbocycles. The van der Waals surface area contributed by atoms with Gasteiger partial charge in [-0.3, -0.25) is 4.98 Å². The molecule has 4 heteroatoms. The molecule has 0 bridgehead atoms. The van der Waals surface area contributed by atoms with Gasteiger partial charge in [0, 0.05) is 25.8 Å². The molecule has 1 unspecified atom stereocenters. The highest BCUT2D eigenvalue weighted by atomic mass is 16.3. The van der Waals surface area contributed by atoms with Crippen molar-refractivity contribution in [1.29, 1.82) is 0 Å². The Bertz CT molecular complexity index is 264. The molecule has 1 aromatic heterocycles. The Morgan fingerprint density at radius 2 is 2.27 bits per heavy atom. The van der Waals surface area contributed by atoms with E-state index in [-0.39, 0.29) is 6.10 Å². The van der Waals surface area contributed by atoms with E-state index in [4.69, 9.17) is 0 Å². The number of nitrogens with zero attached hydrogens (tertiary/aromatic N) is 2. The molecule has 0 aliphatic carbocycles. The summed E-state index contributed by atoms with van der Waals surface area (Å²) in [6.45, 7) is 1.97. The predicted molar refractivity (Wildman–Crippen MR) is 60.5 cm³/mol. The van der Waals surface area contributed by atoms with Crippen molar-refractivity contribution in [3.63, 3.8) is 0 Å². The van der Waals surface area contributed by atoms with E-state index < -0.39 is 0 Å². The second kappa shape index (κ2) is 6.50. The first-order valence-electron chi connectivity index (χ1n) is 5.12. The number of aromatic nitrogens is 1. The number of likely N-dealkylation sites (N-methyl/N-ethyl adjacent to an activating group) is 1. The number of pyridine rings is 1. The first-order chi connectivity index (χ1) is 7.18. The van der Waals surface area contributed by atoms with Crippen molar-refractivity contribution in [2.75, 3.05) is 27.2 Å². The zero-order valence-electron chi connectivity index (χ0n) is 9.35. The van der Waals surface area contributed by atoms with E-state index in [0.29, 0.717) is 19.6 Å². The number of aliphatic hydroxyl groups is 1. The first kappa shape index (κ1) is 12.1. The van der Waals surface area contributed by atoms with Gasteiger partial charge in [0.05, 0.1) is 11.8 Å². The Morgan fingerprint density at radius 1 is 1.47 bits per heavy atom. The molecule has 0 radical (unpaired) electrons. The minimum absolute atomic E-state index is 0.330. The van der Waals surface area contributed by atoms with Crippen molar-refractivity contribution in [3.05, 3.63) is 30.1 Å². The molecule has 84 valence electrons. The smallest absolute Gasteiger partial charge is 0.0791 e. The summed E-state index contributed by atoms with van der Waals surface area (Å²) < 4.78 is 0. The summed E-state index contributed by atoms with van der Waals surface area (Å²) in [4.78, 5) is 6.15. The minimum Gasteiger partial charge on any atom is -0.390 e. The van der Waals surface area contributed by atoms with Gasteiger partial charge in [-0.2, -0.15) is 0 Å². The van der Waals surface area contributed by atoms with Crippen LogP contribution >= 0.6 is 0 Å². The van der Waals surface area contributed by atoms with Gasteiger partial charge in [-0.05, 0) is 26.2 Å². The molecule has 1 heterocycles. The van der Waals surface area contributed by atoms with Gasteiger partial charge in [-0.25, -0.2) is 0 Å². The van der Waals surface area contributed by atoms with E-state index in [9.17, 15) is 5.11 Å². The number of aliphatic hydroxyl groups excluding tert-OH is 1. The van der Waals surface area contributed by atoms with Crippen LogP contribution in [-0.4, -0.2) is 48.3 Å². The molecule has 2 N–H and O–H groups in total. The fourth-order valence-electron chi connectivity index (χ4n) is 1.36.